The molecule has 0 saturated heterocycles. The summed E-state index contributed by atoms with van der Waals surface area (Å²) in [4.78, 5) is 13.7. The first-order chi connectivity index (χ1) is 5.88. The van der Waals surface area contributed by atoms with Gasteiger partial charge in [0.2, 0.25) is 5.88 Å². The number of aromatic amines is 1. The van der Waals surface area contributed by atoms with Crippen LogP contribution in [0, 0.1) is 0 Å². The zero-order valence-electron chi connectivity index (χ0n) is 7.96. The third-order valence-electron chi connectivity index (χ3n) is 1.79. The molecule has 4 nitrogen and oxygen atoms in total. The fourth-order valence-electron chi connectivity index (χ4n) is 1.31. The first-order valence-electron chi connectivity index (χ1n) is 4.02. The lowest BCUT2D eigenvalue weighted by molar-refractivity contribution is 0.372. The molecule has 0 unspecified atom stereocenters. The number of aromatic nitrogens is 2. The van der Waals surface area contributed by atoms with Gasteiger partial charge in [-0.2, -0.15) is 12.6 Å². The molecule has 0 amide bonds. The van der Waals surface area contributed by atoms with Gasteiger partial charge in [-0.25, -0.2) is 4.79 Å². The minimum absolute atomic E-state index is 0.0880. The summed E-state index contributed by atoms with van der Waals surface area (Å²) in [6.45, 7) is 5.69. The van der Waals surface area contributed by atoms with E-state index in [1.54, 1.807) is 0 Å². The van der Waals surface area contributed by atoms with E-state index in [0.29, 0.717) is 11.4 Å². The van der Waals surface area contributed by atoms with Crippen molar-refractivity contribution < 1.29 is 5.11 Å². The maximum Gasteiger partial charge on any atom is 0.329 e. The van der Waals surface area contributed by atoms with Gasteiger partial charge in [0, 0.05) is 11.3 Å². The van der Waals surface area contributed by atoms with Crippen LogP contribution in [-0.2, 0) is 11.3 Å². The van der Waals surface area contributed by atoms with Gasteiger partial charge in [0.1, 0.15) is 0 Å². The molecule has 0 fully saturated rings. The van der Waals surface area contributed by atoms with E-state index in [1.165, 1.54) is 4.57 Å². The molecule has 13 heavy (non-hydrogen) atoms. The van der Waals surface area contributed by atoms with Gasteiger partial charge in [0.15, 0.2) is 0 Å². The second-order valence-corrected chi connectivity index (χ2v) is 4.21. The normalized spacial score (nSPS) is 12.0. The topological polar surface area (TPSA) is 58.0 Å². The Morgan fingerprint density at radius 2 is 2.08 bits per heavy atom. The van der Waals surface area contributed by atoms with Crippen LogP contribution >= 0.6 is 12.6 Å². The van der Waals surface area contributed by atoms with Gasteiger partial charge < -0.3 is 5.11 Å². The Balaban J connectivity index is 3.43. The van der Waals surface area contributed by atoms with E-state index in [4.69, 9.17) is 0 Å². The molecule has 0 aliphatic carbocycles. The van der Waals surface area contributed by atoms with E-state index in [0.717, 1.165) is 0 Å². The highest BCUT2D eigenvalue weighted by atomic mass is 32.1. The number of hydrogen-bond donors (Lipinski definition) is 3. The number of H-pyrrole nitrogens is 1. The molecule has 5 heteroatoms. The third kappa shape index (κ3) is 1.75. The molecule has 0 bridgehead atoms. The van der Waals surface area contributed by atoms with E-state index in [9.17, 15) is 9.90 Å². The Morgan fingerprint density at radius 3 is 2.38 bits per heavy atom. The van der Waals surface area contributed by atoms with Crippen molar-refractivity contribution >= 4 is 12.6 Å². The molecule has 0 saturated carbocycles. The number of imidazole rings is 1. The molecule has 1 rings (SSSR count). The van der Waals surface area contributed by atoms with Gasteiger partial charge >= 0.3 is 5.69 Å². The largest absolute Gasteiger partial charge is 0.493 e. The number of nitrogens with zero attached hydrogens (tertiary/aromatic N) is 1. The lowest BCUT2D eigenvalue weighted by Crippen LogP contribution is -2.33. The lowest BCUT2D eigenvalue weighted by atomic mass is 10.1. The predicted molar refractivity (Wildman–Crippen MR) is 54.4 cm³/mol. The summed E-state index contributed by atoms with van der Waals surface area (Å²) in [5.41, 5.74) is -0.109. The highest BCUT2D eigenvalue weighted by molar-refractivity contribution is 7.79. The predicted octanol–water partition coefficient (Wildman–Crippen LogP) is 1.07. The highest BCUT2D eigenvalue weighted by Crippen LogP contribution is 2.21. The van der Waals surface area contributed by atoms with Crippen molar-refractivity contribution in [3.8, 4) is 5.88 Å². The minimum atomic E-state index is -0.341. The first kappa shape index (κ1) is 10.2. The molecule has 1 heterocycles. The van der Waals surface area contributed by atoms with E-state index in [1.807, 2.05) is 20.8 Å². The number of aromatic hydroxyl groups is 1. The van der Waals surface area contributed by atoms with Crippen LogP contribution in [0.4, 0.5) is 0 Å². The van der Waals surface area contributed by atoms with Crippen molar-refractivity contribution in [1.29, 1.82) is 0 Å². The van der Waals surface area contributed by atoms with E-state index >= 15 is 0 Å². The number of hydrogen-bond acceptors (Lipinski definition) is 3. The summed E-state index contributed by atoms with van der Waals surface area (Å²) in [7, 11) is 0. The Kier molecular flexibility index (Phi) is 2.47. The van der Waals surface area contributed by atoms with Crippen LogP contribution in [0.3, 0.4) is 0 Å². The van der Waals surface area contributed by atoms with Crippen LogP contribution in [0.25, 0.3) is 0 Å². The molecule has 0 aliphatic rings. The quantitative estimate of drug-likeness (QED) is 0.596. The summed E-state index contributed by atoms with van der Waals surface area (Å²) >= 11 is 4.06. The molecule has 0 aliphatic heterocycles. The van der Waals surface area contributed by atoms with Crippen LogP contribution in [0.5, 0.6) is 5.88 Å². The van der Waals surface area contributed by atoms with Crippen LogP contribution in [0.2, 0.25) is 0 Å². The zero-order chi connectivity index (χ0) is 10.2. The molecule has 0 radical (unpaired) electrons. The number of nitrogens with one attached hydrogen (secondary N) is 1. The maximum atomic E-state index is 11.4. The molecule has 0 aromatic carbocycles. The fraction of sp³-hybridized carbons (Fsp3) is 0.625. The second-order valence-electron chi connectivity index (χ2n) is 3.89. The molecule has 1 aromatic heterocycles. The smallest absolute Gasteiger partial charge is 0.329 e. The summed E-state index contributed by atoms with van der Waals surface area (Å²) in [6.07, 6.45) is 0. The SMILES string of the molecule is CC(C)(C)n1c(CS)c(O)[nH]c1=O. The van der Waals surface area contributed by atoms with Crippen molar-refractivity contribution in [2.45, 2.75) is 32.1 Å². The lowest BCUT2D eigenvalue weighted by Gasteiger charge is -2.21. The third-order valence-corrected chi connectivity index (χ3v) is 2.09. The van der Waals surface area contributed by atoms with E-state index in [2.05, 4.69) is 17.6 Å². The van der Waals surface area contributed by atoms with Crippen molar-refractivity contribution in [3.63, 3.8) is 0 Å². The summed E-state index contributed by atoms with van der Waals surface area (Å²) in [5.74, 6) is 0.247. The maximum absolute atomic E-state index is 11.4. The Hall–Kier alpha value is -0.840. The van der Waals surface area contributed by atoms with Crippen molar-refractivity contribution in [1.82, 2.24) is 9.55 Å². The average Bonchev–Trinajstić information content (AvgIpc) is 2.23. The van der Waals surface area contributed by atoms with E-state index in [-0.39, 0.29) is 17.1 Å². The van der Waals surface area contributed by atoms with Gasteiger partial charge in [-0.05, 0) is 20.8 Å². The number of thiol groups is 1. The Labute approximate surface area is 82.0 Å². The molecular formula is C8H14N2O2S. The van der Waals surface area contributed by atoms with Gasteiger partial charge in [0.25, 0.3) is 0 Å². The van der Waals surface area contributed by atoms with Crippen molar-refractivity contribution in [2.75, 3.05) is 0 Å². The van der Waals surface area contributed by atoms with Gasteiger partial charge in [0.05, 0.1) is 5.69 Å². The Morgan fingerprint density at radius 1 is 1.54 bits per heavy atom. The standard InChI is InChI=1S/C8H14N2O2S/c1-8(2,3)10-5(4-13)6(11)9-7(10)12/h11,13H,4H2,1-3H3,(H,9,12). The van der Waals surface area contributed by atoms with Gasteiger partial charge in [-0.3, -0.25) is 9.55 Å². The molecule has 1 aromatic rings. The molecular weight excluding hydrogens is 188 g/mol. The summed E-state index contributed by atoms with van der Waals surface area (Å²) in [5, 5.41) is 9.35. The molecule has 0 spiro atoms. The summed E-state index contributed by atoms with van der Waals surface area (Å²) in [6, 6.07) is 0. The van der Waals surface area contributed by atoms with Crippen LogP contribution in [-0.4, -0.2) is 14.7 Å². The summed E-state index contributed by atoms with van der Waals surface area (Å²) < 4.78 is 1.51. The number of rotatable bonds is 1. The van der Waals surface area contributed by atoms with Crippen LogP contribution in [0.1, 0.15) is 26.5 Å². The Bertz CT molecular complexity index is 359. The van der Waals surface area contributed by atoms with Gasteiger partial charge in [-0.15, -0.1) is 0 Å². The van der Waals surface area contributed by atoms with Gasteiger partial charge in [-0.1, -0.05) is 0 Å². The monoisotopic (exact) mass is 202 g/mol. The highest BCUT2D eigenvalue weighted by Gasteiger charge is 2.22. The molecule has 74 valence electrons. The van der Waals surface area contributed by atoms with Crippen LogP contribution < -0.4 is 5.69 Å². The molecule has 2 N–H and O–H groups in total. The fourth-order valence-corrected chi connectivity index (χ4v) is 1.60. The first-order valence-corrected chi connectivity index (χ1v) is 4.65. The van der Waals surface area contributed by atoms with E-state index < -0.39 is 0 Å². The van der Waals surface area contributed by atoms with Crippen LogP contribution in [0.15, 0.2) is 4.79 Å². The molecule has 0 atom stereocenters. The van der Waals surface area contributed by atoms with Crippen molar-refractivity contribution in [2.24, 2.45) is 0 Å². The second kappa shape index (κ2) is 3.14. The van der Waals surface area contributed by atoms with Crippen molar-refractivity contribution in [3.05, 3.63) is 16.2 Å². The zero-order valence-corrected chi connectivity index (χ0v) is 8.85. The average molecular weight is 202 g/mol. The minimum Gasteiger partial charge on any atom is -0.493 e.